The lowest BCUT2D eigenvalue weighted by molar-refractivity contribution is 0.387. The van der Waals surface area contributed by atoms with Crippen molar-refractivity contribution in [3.05, 3.63) is 12.4 Å². The van der Waals surface area contributed by atoms with E-state index in [0.717, 1.165) is 43.1 Å². The third kappa shape index (κ3) is 2.14. The number of rotatable bonds is 3. The first-order valence-corrected chi connectivity index (χ1v) is 6.75. The van der Waals surface area contributed by atoms with Gasteiger partial charge in [-0.05, 0) is 25.8 Å². The lowest BCUT2D eigenvalue weighted by Crippen LogP contribution is -2.27. The second kappa shape index (κ2) is 4.72. The molecule has 2 saturated heterocycles. The molecule has 0 aliphatic carbocycles. The molecule has 0 spiro atoms. The summed E-state index contributed by atoms with van der Waals surface area (Å²) < 4.78 is 0. The molecule has 3 rings (SSSR count). The van der Waals surface area contributed by atoms with E-state index in [1.54, 1.807) is 6.33 Å². The number of hydrogen-bond acceptors (Lipinski definition) is 5. The maximum absolute atomic E-state index is 4.41. The van der Waals surface area contributed by atoms with Crippen LogP contribution in [0.15, 0.2) is 12.4 Å². The van der Waals surface area contributed by atoms with E-state index in [1.807, 2.05) is 0 Å². The van der Waals surface area contributed by atoms with Crippen LogP contribution < -0.4 is 10.2 Å². The number of anilines is 2. The van der Waals surface area contributed by atoms with E-state index in [2.05, 4.69) is 45.1 Å². The van der Waals surface area contributed by atoms with Crippen molar-refractivity contribution in [2.45, 2.75) is 6.92 Å². The van der Waals surface area contributed by atoms with Gasteiger partial charge in [0.25, 0.3) is 0 Å². The van der Waals surface area contributed by atoms with Crippen LogP contribution in [0.25, 0.3) is 0 Å². The van der Waals surface area contributed by atoms with Gasteiger partial charge in [0.2, 0.25) is 0 Å². The molecule has 18 heavy (non-hydrogen) atoms. The molecule has 0 saturated carbocycles. The predicted molar refractivity (Wildman–Crippen MR) is 72.9 cm³/mol. The van der Waals surface area contributed by atoms with Crippen molar-refractivity contribution in [2.24, 2.45) is 11.8 Å². The highest BCUT2D eigenvalue weighted by atomic mass is 15.3. The third-order valence-electron chi connectivity index (χ3n) is 4.00. The maximum atomic E-state index is 4.41. The Kier molecular flexibility index (Phi) is 3.07. The van der Waals surface area contributed by atoms with Gasteiger partial charge in [-0.15, -0.1) is 0 Å². The molecule has 0 unspecified atom stereocenters. The Labute approximate surface area is 108 Å². The molecule has 1 N–H and O–H groups in total. The number of likely N-dealkylation sites (tertiary alicyclic amines) is 1. The summed E-state index contributed by atoms with van der Waals surface area (Å²) >= 11 is 0. The Hall–Kier alpha value is -1.36. The first kappa shape index (κ1) is 11.7. The van der Waals surface area contributed by atoms with Crippen LogP contribution in [0.2, 0.25) is 0 Å². The van der Waals surface area contributed by atoms with Gasteiger partial charge < -0.3 is 15.1 Å². The summed E-state index contributed by atoms with van der Waals surface area (Å²) in [5.41, 5.74) is 0. The lowest BCUT2D eigenvalue weighted by atomic mass is 10.0. The Morgan fingerprint density at radius 1 is 1.22 bits per heavy atom. The summed E-state index contributed by atoms with van der Waals surface area (Å²) in [6, 6.07) is 2.06. The van der Waals surface area contributed by atoms with Gasteiger partial charge in [0.15, 0.2) is 0 Å². The van der Waals surface area contributed by atoms with Crippen LogP contribution in [0.3, 0.4) is 0 Å². The molecule has 0 bridgehead atoms. The van der Waals surface area contributed by atoms with Gasteiger partial charge in [0.1, 0.15) is 18.0 Å². The Morgan fingerprint density at radius 3 is 2.61 bits per heavy atom. The van der Waals surface area contributed by atoms with E-state index in [9.17, 15) is 0 Å². The van der Waals surface area contributed by atoms with Gasteiger partial charge in [-0.3, -0.25) is 0 Å². The molecule has 1 aromatic heterocycles. The van der Waals surface area contributed by atoms with E-state index in [4.69, 9.17) is 0 Å². The average molecular weight is 247 g/mol. The van der Waals surface area contributed by atoms with Crippen LogP contribution in [0.5, 0.6) is 0 Å². The lowest BCUT2D eigenvalue weighted by Gasteiger charge is -2.20. The molecule has 0 aromatic carbocycles. The van der Waals surface area contributed by atoms with E-state index in [1.165, 1.54) is 13.1 Å². The Balaban J connectivity index is 1.71. The van der Waals surface area contributed by atoms with E-state index in [-0.39, 0.29) is 0 Å². The minimum atomic E-state index is 0.813. The quantitative estimate of drug-likeness (QED) is 0.860. The SMILES string of the molecule is CCNc1cc(N2C[C@H]3CN(C)C[C@H]3C2)ncn1. The van der Waals surface area contributed by atoms with E-state index >= 15 is 0 Å². The standard InChI is InChI=1S/C13H21N5/c1-3-14-12-4-13(16-9-15-12)18-7-10-5-17(2)6-11(10)8-18/h4,9-11H,3,5-8H2,1-2H3,(H,14,15,16)/t10-,11+. The second-order valence-electron chi connectivity index (χ2n) is 5.44. The molecule has 98 valence electrons. The molecule has 0 radical (unpaired) electrons. The number of nitrogens with zero attached hydrogens (tertiary/aromatic N) is 4. The molecule has 2 atom stereocenters. The zero-order valence-electron chi connectivity index (χ0n) is 11.1. The van der Waals surface area contributed by atoms with Crippen molar-refractivity contribution in [2.75, 3.05) is 50.0 Å². The van der Waals surface area contributed by atoms with E-state index in [0.29, 0.717) is 0 Å². The summed E-state index contributed by atoms with van der Waals surface area (Å²) in [5.74, 6) is 3.62. The van der Waals surface area contributed by atoms with Crippen molar-refractivity contribution in [3.63, 3.8) is 0 Å². The largest absolute Gasteiger partial charge is 0.370 e. The minimum Gasteiger partial charge on any atom is -0.370 e. The maximum Gasteiger partial charge on any atom is 0.134 e. The molecule has 2 aliphatic rings. The summed E-state index contributed by atoms with van der Waals surface area (Å²) in [4.78, 5) is 13.5. The van der Waals surface area contributed by atoms with Gasteiger partial charge in [-0.2, -0.15) is 0 Å². The number of hydrogen-bond donors (Lipinski definition) is 1. The summed E-state index contributed by atoms with van der Waals surface area (Å²) in [5, 5.41) is 3.24. The van der Waals surface area contributed by atoms with Crippen molar-refractivity contribution in [1.29, 1.82) is 0 Å². The van der Waals surface area contributed by atoms with Crippen LogP contribution in [-0.2, 0) is 0 Å². The predicted octanol–water partition coefficient (Wildman–Crippen LogP) is 0.906. The molecule has 5 nitrogen and oxygen atoms in total. The number of nitrogens with one attached hydrogen (secondary N) is 1. The molecule has 2 aliphatic heterocycles. The fraction of sp³-hybridized carbons (Fsp3) is 0.692. The molecule has 0 amide bonds. The fourth-order valence-electron chi connectivity index (χ4n) is 3.21. The first-order valence-electron chi connectivity index (χ1n) is 6.75. The van der Waals surface area contributed by atoms with Crippen LogP contribution in [0, 0.1) is 11.8 Å². The highest BCUT2D eigenvalue weighted by Gasteiger charge is 2.39. The highest BCUT2D eigenvalue weighted by Crippen LogP contribution is 2.32. The first-order chi connectivity index (χ1) is 8.76. The molecular formula is C13H21N5. The van der Waals surface area contributed by atoms with E-state index < -0.39 is 0 Å². The molecular weight excluding hydrogens is 226 g/mol. The van der Waals surface area contributed by atoms with Crippen molar-refractivity contribution in [3.8, 4) is 0 Å². The van der Waals surface area contributed by atoms with Crippen molar-refractivity contribution >= 4 is 11.6 Å². The zero-order valence-corrected chi connectivity index (χ0v) is 11.1. The van der Waals surface area contributed by atoms with Gasteiger partial charge in [0.05, 0.1) is 0 Å². The zero-order chi connectivity index (χ0) is 12.5. The monoisotopic (exact) mass is 247 g/mol. The summed E-state index contributed by atoms with van der Waals surface area (Å²) in [7, 11) is 2.22. The van der Waals surface area contributed by atoms with Crippen LogP contribution in [-0.4, -0.2) is 54.6 Å². The number of aromatic nitrogens is 2. The van der Waals surface area contributed by atoms with Crippen LogP contribution >= 0.6 is 0 Å². The van der Waals surface area contributed by atoms with Gasteiger partial charge >= 0.3 is 0 Å². The fourth-order valence-corrected chi connectivity index (χ4v) is 3.21. The van der Waals surface area contributed by atoms with Crippen LogP contribution in [0.1, 0.15) is 6.92 Å². The summed E-state index contributed by atoms with van der Waals surface area (Å²) in [6.45, 7) is 7.71. The number of fused-ring (bicyclic) bond motifs is 1. The Bertz CT molecular complexity index is 408. The molecule has 3 heterocycles. The molecule has 1 aromatic rings. The van der Waals surface area contributed by atoms with Gasteiger partial charge in [0, 0.05) is 38.8 Å². The topological polar surface area (TPSA) is 44.3 Å². The molecule has 2 fully saturated rings. The summed E-state index contributed by atoms with van der Waals surface area (Å²) in [6.07, 6.45) is 1.66. The van der Waals surface area contributed by atoms with Crippen molar-refractivity contribution in [1.82, 2.24) is 14.9 Å². The highest BCUT2D eigenvalue weighted by molar-refractivity contribution is 5.49. The second-order valence-corrected chi connectivity index (χ2v) is 5.44. The normalized spacial score (nSPS) is 27.6. The molecule has 5 heteroatoms. The smallest absolute Gasteiger partial charge is 0.134 e. The van der Waals surface area contributed by atoms with Gasteiger partial charge in [-0.1, -0.05) is 0 Å². The average Bonchev–Trinajstić information content (AvgIpc) is 2.87. The Morgan fingerprint density at radius 2 is 1.94 bits per heavy atom. The minimum absolute atomic E-state index is 0.813. The third-order valence-corrected chi connectivity index (χ3v) is 4.00. The van der Waals surface area contributed by atoms with Crippen molar-refractivity contribution < 1.29 is 0 Å². The van der Waals surface area contributed by atoms with Crippen LogP contribution in [0.4, 0.5) is 11.6 Å². The van der Waals surface area contributed by atoms with Gasteiger partial charge in [-0.25, -0.2) is 9.97 Å².